The van der Waals surface area contributed by atoms with E-state index in [9.17, 15) is 33.3 Å². The molecular weight excluding hydrogens is 556 g/mol. The van der Waals surface area contributed by atoms with E-state index < -0.39 is 45.8 Å². The maximum absolute atomic E-state index is 13.2. The first-order chi connectivity index (χ1) is 19.3. The normalized spacial score (nSPS) is 26.1. The number of carbonyl (C=O) groups is 5. The van der Waals surface area contributed by atoms with E-state index in [-0.39, 0.29) is 41.5 Å². The van der Waals surface area contributed by atoms with E-state index in [0.717, 1.165) is 17.7 Å². The molecule has 0 aromatic heterocycles. The second-order valence-corrected chi connectivity index (χ2v) is 12.9. The zero-order valence-corrected chi connectivity index (χ0v) is 24.2. The Morgan fingerprint density at radius 1 is 1.17 bits per heavy atom. The molecule has 0 spiro atoms. The Morgan fingerprint density at radius 3 is 2.46 bits per heavy atom. The highest BCUT2D eigenvalue weighted by atomic mass is 32.2. The third-order valence-corrected chi connectivity index (χ3v) is 8.88. The number of rotatable bonds is 7. The molecule has 0 aromatic carbocycles. The minimum Gasteiger partial charge on any atom is -0.477 e. The Hall–Kier alpha value is -3.68. The number of piperidine rings is 1. The first-order valence-electron chi connectivity index (χ1n) is 13.5. The quantitative estimate of drug-likeness (QED) is 0.252. The van der Waals surface area contributed by atoms with Crippen LogP contribution in [0.4, 0.5) is 9.59 Å². The Bertz CT molecular complexity index is 1230. The fourth-order valence-electron chi connectivity index (χ4n) is 5.37. The van der Waals surface area contributed by atoms with Crippen LogP contribution in [0.25, 0.3) is 0 Å². The maximum atomic E-state index is 13.2. The van der Waals surface area contributed by atoms with Gasteiger partial charge >= 0.3 is 18.2 Å². The number of likely N-dealkylation sites (tertiary alicyclic amines) is 2. The largest absolute Gasteiger partial charge is 0.477 e. The Balaban J connectivity index is 1.41. The van der Waals surface area contributed by atoms with Crippen LogP contribution in [0.1, 0.15) is 40.0 Å². The topological polar surface area (TPSA) is 163 Å². The second kappa shape index (κ2) is 12.0. The van der Waals surface area contributed by atoms with E-state index in [1.807, 2.05) is 0 Å². The number of aliphatic carboxylic acids is 1. The number of fused-ring (bicyclic) bond motifs is 1. The summed E-state index contributed by atoms with van der Waals surface area (Å²) >= 11 is 0. The van der Waals surface area contributed by atoms with Gasteiger partial charge in [-0.25, -0.2) is 14.4 Å². The van der Waals surface area contributed by atoms with Crippen molar-refractivity contribution in [1.82, 2.24) is 20.0 Å². The molecule has 3 saturated heterocycles. The molecule has 0 saturated carbocycles. The molecule has 0 radical (unpaired) electrons. The molecule has 13 nitrogen and oxygen atoms in total. The summed E-state index contributed by atoms with van der Waals surface area (Å²) in [5.74, 6) is -2.31. The van der Waals surface area contributed by atoms with E-state index in [2.05, 4.69) is 11.9 Å². The minimum atomic E-state index is -1.72. The fourth-order valence-corrected chi connectivity index (χ4v) is 7.00. The highest BCUT2D eigenvalue weighted by Gasteiger charge is 2.57. The van der Waals surface area contributed by atoms with Crippen LogP contribution in [0.15, 0.2) is 35.6 Å². The molecule has 2 N–H and O–H groups in total. The van der Waals surface area contributed by atoms with Gasteiger partial charge in [0.2, 0.25) is 5.91 Å². The zero-order chi connectivity index (χ0) is 30.1. The lowest BCUT2D eigenvalue weighted by Gasteiger charge is -2.48. The first-order valence-corrected chi connectivity index (χ1v) is 14.9. The molecule has 4 rings (SSSR count). The van der Waals surface area contributed by atoms with Crippen LogP contribution in [0, 0.1) is 5.92 Å². The molecule has 0 unspecified atom stereocenters. The van der Waals surface area contributed by atoms with E-state index in [1.165, 1.54) is 12.2 Å². The molecule has 0 aromatic rings. The van der Waals surface area contributed by atoms with Gasteiger partial charge in [0.05, 0.1) is 16.6 Å². The van der Waals surface area contributed by atoms with Crippen LogP contribution < -0.4 is 5.32 Å². The molecule has 224 valence electrons. The highest BCUT2D eigenvalue weighted by molar-refractivity contribution is 7.86. The van der Waals surface area contributed by atoms with Crippen molar-refractivity contribution in [3.8, 4) is 0 Å². The number of amides is 4. The molecular formula is C27H36N4O9S. The van der Waals surface area contributed by atoms with Gasteiger partial charge in [-0.2, -0.15) is 0 Å². The number of hydrogen-bond acceptors (Lipinski definition) is 8. The predicted molar refractivity (Wildman–Crippen MR) is 147 cm³/mol. The Kier molecular flexibility index (Phi) is 8.90. The standard InChI is InChI=1S/C27H36N4O9S/c1-5-12-39-26(37)29-9-6-16(7-10-29)14-30-11-8-17(21(30)32)13-18-15-41(38)23-19(28-25(36)40-27(2,3)4)22(33)31(23)20(18)24(34)35/h5,13,16,19,23H,1,6-12,14-15H2,2-4H3,(H,28,36)(H,34,35)/t19-,23-,41+/m1/s1. The van der Waals surface area contributed by atoms with Gasteiger partial charge in [-0.3, -0.25) is 18.7 Å². The van der Waals surface area contributed by atoms with E-state index in [4.69, 9.17) is 9.47 Å². The van der Waals surface area contributed by atoms with E-state index in [1.54, 1.807) is 30.6 Å². The summed E-state index contributed by atoms with van der Waals surface area (Å²) in [5, 5.41) is 11.3. The van der Waals surface area contributed by atoms with Crippen molar-refractivity contribution in [3.05, 3.63) is 35.6 Å². The molecule has 0 bridgehead atoms. The van der Waals surface area contributed by atoms with Crippen molar-refractivity contribution in [2.24, 2.45) is 5.92 Å². The fraction of sp³-hybridized carbons (Fsp3) is 0.593. The lowest BCUT2D eigenvalue weighted by atomic mass is 9.96. The van der Waals surface area contributed by atoms with Crippen molar-refractivity contribution < 1.29 is 42.8 Å². The summed E-state index contributed by atoms with van der Waals surface area (Å²) in [6.07, 6.45) is 3.53. The van der Waals surface area contributed by atoms with Crippen molar-refractivity contribution >= 4 is 40.8 Å². The molecule has 3 fully saturated rings. The summed E-state index contributed by atoms with van der Waals surface area (Å²) in [4.78, 5) is 66.8. The number of β-lactam (4-membered cyclic amide) rings is 1. The number of nitrogens with zero attached hydrogens (tertiary/aromatic N) is 3. The molecule has 41 heavy (non-hydrogen) atoms. The molecule has 14 heteroatoms. The first kappa shape index (κ1) is 30.3. The smallest absolute Gasteiger partial charge is 0.410 e. The lowest BCUT2D eigenvalue weighted by molar-refractivity contribution is -0.149. The van der Waals surface area contributed by atoms with Gasteiger partial charge in [-0.15, -0.1) is 0 Å². The van der Waals surface area contributed by atoms with Crippen LogP contribution >= 0.6 is 0 Å². The number of hydrogen-bond donors (Lipinski definition) is 2. The Morgan fingerprint density at radius 2 is 1.85 bits per heavy atom. The monoisotopic (exact) mass is 592 g/mol. The molecule has 4 heterocycles. The molecule has 4 aliphatic heterocycles. The van der Waals surface area contributed by atoms with Gasteiger partial charge in [0.15, 0.2) is 0 Å². The van der Waals surface area contributed by atoms with Crippen molar-refractivity contribution in [1.29, 1.82) is 0 Å². The summed E-state index contributed by atoms with van der Waals surface area (Å²) in [6.45, 7) is 10.7. The number of nitrogens with one attached hydrogen (secondary N) is 1. The summed E-state index contributed by atoms with van der Waals surface area (Å²) < 4.78 is 23.4. The van der Waals surface area contributed by atoms with Crippen LogP contribution in [-0.2, 0) is 34.7 Å². The van der Waals surface area contributed by atoms with Gasteiger partial charge in [0.25, 0.3) is 5.91 Å². The average molecular weight is 593 g/mol. The number of alkyl carbamates (subject to hydrolysis) is 1. The minimum absolute atomic E-state index is 0.132. The zero-order valence-electron chi connectivity index (χ0n) is 23.4. The van der Waals surface area contributed by atoms with Gasteiger partial charge in [0, 0.05) is 31.8 Å². The van der Waals surface area contributed by atoms with E-state index >= 15 is 0 Å². The van der Waals surface area contributed by atoms with Gasteiger partial charge in [-0.1, -0.05) is 12.7 Å². The molecule has 0 aliphatic carbocycles. The molecule has 4 amide bonds. The van der Waals surface area contributed by atoms with Crippen molar-refractivity contribution in [3.63, 3.8) is 0 Å². The van der Waals surface area contributed by atoms with Crippen LogP contribution in [0.5, 0.6) is 0 Å². The third-order valence-electron chi connectivity index (χ3n) is 7.27. The number of carbonyl (C=O) groups excluding carboxylic acids is 4. The summed E-state index contributed by atoms with van der Waals surface area (Å²) in [7, 11) is -1.72. The van der Waals surface area contributed by atoms with E-state index in [0.29, 0.717) is 38.2 Å². The average Bonchev–Trinajstić information content (AvgIpc) is 3.23. The Labute approximate surface area is 240 Å². The second-order valence-electron chi connectivity index (χ2n) is 11.4. The van der Waals surface area contributed by atoms with Crippen molar-refractivity contribution in [2.45, 2.75) is 57.1 Å². The highest BCUT2D eigenvalue weighted by Crippen LogP contribution is 2.36. The molecule has 4 aliphatic rings. The van der Waals surface area contributed by atoms with Crippen molar-refractivity contribution in [2.75, 3.05) is 38.5 Å². The maximum Gasteiger partial charge on any atom is 0.410 e. The van der Waals surface area contributed by atoms with Crippen LogP contribution in [0.2, 0.25) is 0 Å². The number of carboxylic acids is 1. The summed E-state index contributed by atoms with van der Waals surface area (Å²) in [5.41, 5.74) is -0.633. The SMILES string of the molecule is C=CCOC(=O)N1CCC(CN2CCC(=CC3=C(C(=O)O)N4C(=O)[C@@H](NC(=O)OC(C)(C)C)[C@H]4[S@@](=O)C3)C2=O)CC1. The summed E-state index contributed by atoms with van der Waals surface area (Å²) in [6, 6.07) is -1.17. The number of allylic oxidation sites excluding steroid dienone is 1. The predicted octanol–water partition coefficient (Wildman–Crippen LogP) is 1.34. The van der Waals surface area contributed by atoms with Gasteiger partial charge in [-0.05, 0) is 57.6 Å². The van der Waals surface area contributed by atoms with Gasteiger partial charge in [0.1, 0.15) is 29.3 Å². The molecule has 3 atom stereocenters. The lowest BCUT2D eigenvalue weighted by Crippen LogP contribution is -2.73. The van der Waals surface area contributed by atoms with Crippen LogP contribution in [0.3, 0.4) is 0 Å². The van der Waals surface area contributed by atoms with Gasteiger partial charge < -0.3 is 29.7 Å². The van der Waals surface area contributed by atoms with Crippen LogP contribution in [-0.4, -0.2) is 110 Å². The number of carboxylic acid groups (broad SMARTS) is 1. The third kappa shape index (κ3) is 6.63. The number of ether oxygens (including phenoxy) is 2.